The predicted octanol–water partition coefficient (Wildman–Crippen LogP) is 3.56. The molecule has 0 spiro atoms. The fraction of sp³-hybridized carbons (Fsp3) is 0.250. The van der Waals surface area contributed by atoms with Gasteiger partial charge in [-0.3, -0.25) is 9.59 Å². The number of amides is 3. The van der Waals surface area contributed by atoms with E-state index >= 15 is 0 Å². The number of hydrogen-bond acceptors (Lipinski definition) is 4. The third-order valence-corrected chi connectivity index (χ3v) is 6.09. The number of anilines is 1. The first-order valence-electron chi connectivity index (χ1n) is 10.8. The first kappa shape index (κ1) is 23.3. The van der Waals surface area contributed by atoms with Gasteiger partial charge in [0.05, 0.1) is 22.3 Å². The lowest BCUT2D eigenvalue weighted by atomic mass is 10.1. The molecule has 2 N–H and O–H groups in total. The van der Waals surface area contributed by atoms with Crippen molar-refractivity contribution in [1.29, 1.82) is 0 Å². The van der Waals surface area contributed by atoms with Crippen LogP contribution in [0.15, 0.2) is 60.9 Å². The Morgan fingerprint density at radius 1 is 1.18 bits per heavy atom. The van der Waals surface area contributed by atoms with E-state index in [2.05, 4.69) is 10.4 Å². The number of carboxylic acids is 1. The molecule has 0 unspecified atom stereocenters. The van der Waals surface area contributed by atoms with Crippen LogP contribution in [0.2, 0.25) is 5.02 Å². The highest BCUT2D eigenvalue weighted by Gasteiger charge is 2.33. The van der Waals surface area contributed by atoms with Gasteiger partial charge in [0.2, 0.25) is 0 Å². The van der Waals surface area contributed by atoms with Crippen molar-refractivity contribution in [2.45, 2.75) is 25.9 Å². The van der Waals surface area contributed by atoms with Crippen LogP contribution in [-0.2, 0) is 11.3 Å². The fourth-order valence-electron chi connectivity index (χ4n) is 4.05. The molecule has 0 fully saturated rings. The van der Waals surface area contributed by atoms with Crippen molar-refractivity contribution >= 4 is 35.2 Å². The number of nitrogens with one attached hydrogen (secondary N) is 1. The SMILES string of the molecule is CC[C@@H]1CN(C(=O)c2ccc(-n3cccn3)cc2Cl)c2ccccc2CN1C(=O)NCC(=O)O. The van der Waals surface area contributed by atoms with Crippen LogP contribution in [0.1, 0.15) is 29.3 Å². The monoisotopic (exact) mass is 481 g/mol. The molecule has 1 atom stereocenters. The number of nitrogens with zero attached hydrogens (tertiary/aromatic N) is 4. The zero-order valence-electron chi connectivity index (χ0n) is 18.5. The molecule has 3 amide bonds. The predicted molar refractivity (Wildman–Crippen MR) is 127 cm³/mol. The molecule has 0 radical (unpaired) electrons. The number of halogens is 1. The maximum atomic E-state index is 13.7. The normalized spacial score (nSPS) is 15.4. The summed E-state index contributed by atoms with van der Waals surface area (Å²) in [4.78, 5) is 40.7. The second-order valence-electron chi connectivity index (χ2n) is 7.90. The van der Waals surface area contributed by atoms with E-state index in [9.17, 15) is 14.4 Å². The van der Waals surface area contributed by atoms with Gasteiger partial charge < -0.3 is 20.2 Å². The Kier molecular flexibility index (Phi) is 6.83. The smallest absolute Gasteiger partial charge is 0.323 e. The molecule has 34 heavy (non-hydrogen) atoms. The number of benzene rings is 2. The van der Waals surface area contributed by atoms with E-state index in [0.717, 1.165) is 11.3 Å². The first-order valence-corrected chi connectivity index (χ1v) is 11.2. The van der Waals surface area contributed by atoms with Crippen molar-refractivity contribution in [1.82, 2.24) is 20.0 Å². The lowest BCUT2D eigenvalue weighted by Gasteiger charge is -2.31. The molecule has 1 aliphatic rings. The average molecular weight is 482 g/mol. The van der Waals surface area contributed by atoms with Crippen molar-refractivity contribution in [2.75, 3.05) is 18.0 Å². The summed E-state index contributed by atoms with van der Waals surface area (Å²) in [6.45, 7) is 1.93. The topological polar surface area (TPSA) is 108 Å². The maximum Gasteiger partial charge on any atom is 0.323 e. The number of rotatable bonds is 5. The van der Waals surface area contributed by atoms with E-state index in [1.807, 2.05) is 31.2 Å². The van der Waals surface area contributed by atoms with Gasteiger partial charge in [-0.05, 0) is 42.3 Å². The first-order chi connectivity index (χ1) is 16.4. The van der Waals surface area contributed by atoms with Gasteiger partial charge in [0.1, 0.15) is 6.54 Å². The minimum atomic E-state index is -1.12. The summed E-state index contributed by atoms with van der Waals surface area (Å²) in [7, 11) is 0. The molecule has 1 aliphatic heterocycles. The number of aromatic nitrogens is 2. The summed E-state index contributed by atoms with van der Waals surface area (Å²) < 4.78 is 1.65. The van der Waals surface area contributed by atoms with Gasteiger partial charge in [-0.1, -0.05) is 36.7 Å². The minimum Gasteiger partial charge on any atom is -0.480 e. The Morgan fingerprint density at radius 3 is 2.65 bits per heavy atom. The zero-order valence-corrected chi connectivity index (χ0v) is 19.3. The third kappa shape index (κ3) is 4.74. The maximum absolute atomic E-state index is 13.7. The quantitative estimate of drug-likeness (QED) is 0.579. The van der Waals surface area contributed by atoms with E-state index in [1.54, 1.807) is 51.1 Å². The number of fused-ring (bicyclic) bond motifs is 1. The van der Waals surface area contributed by atoms with E-state index in [4.69, 9.17) is 16.7 Å². The third-order valence-electron chi connectivity index (χ3n) is 5.78. The molecule has 2 aromatic carbocycles. The highest BCUT2D eigenvalue weighted by Crippen LogP contribution is 2.31. The highest BCUT2D eigenvalue weighted by molar-refractivity contribution is 6.34. The van der Waals surface area contributed by atoms with Crippen molar-refractivity contribution in [3.05, 3.63) is 77.1 Å². The van der Waals surface area contributed by atoms with Gasteiger partial charge in [0.25, 0.3) is 5.91 Å². The zero-order chi connectivity index (χ0) is 24.2. The lowest BCUT2D eigenvalue weighted by Crippen LogP contribution is -2.50. The average Bonchev–Trinajstić information content (AvgIpc) is 3.31. The van der Waals surface area contributed by atoms with Crippen LogP contribution in [0.4, 0.5) is 10.5 Å². The lowest BCUT2D eigenvalue weighted by molar-refractivity contribution is -0.135. The van der Waals surface area contributed by atoms with Crippen LogP contribution >= 0.6 is 11.6 Å². The van der Waals surface area contributed by atoms with Crippen LogP contribution in [0.3, 0.4) is 0 Å². The molecular formula is C24H24ClN5O4. The molecule has 2 heterocycles. The molecule has 4 rings (SSSR count). The van der Waals surface area contributed by atoms with E-state index < -0.39 is 18.5 Å². The number of carbonyl (C=O) groups excluding carboxylic acids is 2. The molecule has 10 heteroatoms. The summed E-state index contributed by atoms with van der Waals surface area (Å²) in [5.41, 5.74) is 2.54. The van der Waals surface area contributed by atoms with Gasteiger partial charge in [-0.25, -0.2) is 9.48 Å². The molecular weight excluding hydrogens is 458 g/mol. The van der Waals surface area contributed by atoms with E-state index in [-0.39, 0.29) is 25.0 Å². The molecule has 0 bridgehead atoms. The highest BCUT2D eigenvalue weighted by atomic mass is 35.5. The van der Waals surface area contributed by atoms with Crippen LogP contribution < -0.4 is 10.2 Å². The Morgan fingerprint density at radius 2 is 1.97 bits per heavy atom. The van der Waals surface area contributed by atoms with Crippen LogP contribution in [0.25, 0.3) is 5.69 Å². The number of aliphatic carboxylic acids is 1. The van der Waals surface area contributed by atoms with Gasteiger partial charge in [0.15, 0.2) is 0 Å². The van der Waals surface area contributed by atoms with Crippen molar-refractivity contribution in [3.63, 3.8) is 0 Å². The number of para-hydroxylation sites is 1. The molecule has 1 aromatic heterocycles. The number of carbonyl (C=O) groups is 3. The second kappa shape index (κ2) is 9.96. The van der Waals surface area contributed by atoms with Crippen LogP contribution in [-0.4, -0.2) is 56.8 Å². The summed E-state index contributed by atoms with van der Waals surface area (Å²) in [5.74, 6) is -1.41. The summed E-state index contributed by atoms with van der Waals surface area (Å²) in [5, 5.41) is 15.9. The number of urea groups is 1. The molecule has 0 saturated carbocycles. The molecule has 3 aromatic rings. The van der Waals surface area contributed by atoms with Crippen LogP contribution in [0, 0.1) is 0 Å². The van der Waals surface area contributed by atoms with E-state index in [1.165, 1.54) is 0 Å². The molecule has 176 valence electrons. The summed E-state index contributed by atoms with van der Waals surface area (Å²) in [6.07, 6.45) is 4.02. The largest absolute Gasteiger partial charge is 0.480 e. The summed E-state index contributed by atoms with van der Waals surface area (Å²) in [6, 6.07) is 13.5. The number of carboxylic acid groups (broad SMARTS) is 1. The van der Waals surface area contributed by atoms with Gasteiger partial charge in [-0.15, -0.1) is 0 Å². The standard InChI is InChI=1S/C24H24ClN5O4/c1-2-17-15-29(23(33)19-9-8-18(12-20(19)25)30-11-5-10-27-30)21-7-4-3-6-16(21)14-28(17)24(34)26-13-22(31)32/h3-12,17H,2,13-15H2,1H3,(H,26,34)(H,31,32)/t17-/m1/s1. The summed E-state index contributed by atoms with van der Waals surface area (Å²) >= 11 is 6.53. The fourth-order valence-corrected chi connectivity index (χ4v) is 4.30. The molecule has 9 nitrogen and oxygen atoms in total. The molecule has 0 saturated heterocycles. The Labute approximate surface area is 201 Å². The van der Waals surface area contributed by atoms with Gasteiger partial charge in [-0.2, -0.15) is 5.10 Å². The van der Waals surface area contributed by atoms with Crippen molar-refractivity contribution < 1.29 is 19.5 Å². The minimum absolute atomic E-state index is 0.240. The van der Waals surface area contributed by atoms with Crippen molar-refractivity contribution in [3.8, 4) is 5.69 Å². The Balaban J connectivity index is 1.67. The Bertz CT molecular complexity index is 1210. The molecule has 0 aliphatic carbocycles. The second-order valence-corrected chi connectivity index (χ2v) is 8.31. The Hall–Kier alpha value is -3.85. The van der Waals surface area contributed by atoms with E-state index in [0.29, 0.717) is 22.7 Å². The van der Waals surface area contributed by atoms with Gasteiger partial charge >= 0.3 is 12.0 Å². The number of hydrogen-bond donors (Lipinski definition) is 2. The van der Waals surface area contributed by atoms with Gasteiger partial charge in [0, 0.05) is 31.2 Å². The van der Waals surface area contributed by atoms with Crippen molar-refractivity contribution in [2.24, 2.45) is 0 Å². The van der Waals surface area contributed by atoms with Crippen LogP contribution in [0.5, 0.6) is 0 Å².